The van der Waals surface area contributed by atoms with Gasteiger partial charge in [-0.2, -0.15) is 21.6 Å². The average Bonchev–Trinajstić information content (AvgIpc) is 2.73. The van der Waals surface area contributed by atoms with Crippen LogP contribution < -0.4 is 0 Å². The molecule has 0 heterocycles. The van der Waals surface area contributed by atoms with E-state index in [1.54, 1.807) is 31.2 Å². The third kappa shape index (κ3) is 3.80. The van der Waals surface area contributed by atoms with Gasteiger partial charge in [-0.25, -0.2) is 0 Å². The lowest BCUT2D eigenvalue weighted by molar-refractivity contribution is -0.0509. The van der Waals surface area contributed by atoms with Crippen molar-refractivity contribution < 1.29 is 30.9 Å². The monoisotopic (exact) mass is 398 g/mol. The molecule has 1 aliphatic rings. The van der Waals surface area contributed by atoms with Gasteiger partial charge in [0.15, 0.2) is 5.76 Å². The van der Waals surface area contributed by atoms with Crippen LogP contribution in [-0.2, 0) is 20.7 Å². The molecule has 144 valence electrons. The van der Waals surface area contributed by atoms with Crippen LogP contribution in [0.3, 0.4) is 0 Å². The molecule has 0 aromatic heterocycles. The first-order valence-electron chi connectivity index (χ1n) is 8.22. The van der Waals surface area contributed by atoms with Gasteiger partial charge in [0, 0.05) is 11.1 Å². The lowest BCUT2D eigenvalue weighted by Crippen LogP contribution is -2.25. The number of allylic oxidation sites excluding steroid dienone is 1. The number of rotatable bonds is 3. The molecule has 27 heavy (non-hydrogen) atoms. The predicted octanol–water partition coefficient (Wildman–Crippen LogP) is 4.77. The van der Waals surface area contributed by atoms with Crippen molar-refractivity contribution in [2.75, 3.05) is 0 Å². The zero-order chi connectivity index (χ0) is 19.8. The molecule has 1 N–H and O–H groups in total. The molecule has 0 fully saturated rings. The van der Waals surface area contributed by atoms with Gasteiger partial charge in [0.2, 0.25) is 0 Å². The highest BCUT2D eigenvalue weighted by Gasteiger charge is 2.49. The zero-order valence-electron chi connectivity index (χ0n) is 14.4. The molecule has 0 radical (unpaired) electrons. The van der Waals surface area contributed by atoms with Gasteiger partial charge in [-0.15, -0.1) is 0 Å². The number of phenols is 1. The number of hydrogen-bond acceptors (Lipinski definition) is 4. The third-order valence-corrected chi connectivity index (χ3v) is 5.38. The molecule has 0 atom stereocenters. The first-order valence-corrected chi connectivity index (χ1v) is 9.63. The second-order valence-electron chi connectivity index (χ2n) is 6.30. The lowest BCUT2D eigenvalue weighted by atomic mass is 9.95. The minimum absolute atomic E-state index is 0.0499. The van der Waals surface area contributed by atoms with Gasteiger partial charge >= 0.3 is 15.6 Å². The number of fused-ring (bicyclic) bond motifs is 1. The van der Waals surface area contributed by atoms with Gasteiger partial charge in [0.25, 0.3) is 0 Å². The molecule has 0 spiro atoms. The molecular weight excluding hydrogens is 381 g/mol. The Balaban J connectivity index is 2.28. The van der Waals surface area contributed by atoms with Gasteiger partial charge < -0.3 is 9.29 Å². The van der Waals surface area contributed by atoms with Gasteiger partial charge in [-0.1, -0.05) is 24.3 Å². The Kier molecular flexibility index (Phi) is 4.94. The average molecular weight is 398 g/mol. The molecule has 3 rings (SSSR count). The van der Waals surface area contributed by atoms with Crippen molar-refractivity contribution in [2.45, 2.75) is 31.7 Å². The first-order chi connectivity index (χ1) is 12.6. The van der Waals surface area contributed by atoms with E-state index >= 15 is 0 Å². The van der Waals surface area contributed by atoms with Crippen LogP contribution in [0.25, 0.3) is 11.3 Å². The van der Waals surface area contributed by atoms with E-state index in [1.807, 2.05) is 0 Å². The number of alkyl halides is 3. The van der Waals surface area contributed by atoms with Crippen molar-refractivity contribution in [3.8, 4) is 5.75 Å². The van der Waals surface area contributed by atoms with E-state index in [1.165, 1.54) is 18.2 Å². The number of aromatic hydroxyl groups is 1. The van der Waals surface area contributed by atoms with E-state index < -0.39 is 15.6 Å². The minimum Gasteiger partial charge on any atom is -0.508 e. The molecule has 4 nitrogen and oxygen atoms in total. The number of aryl methyl sites for hydroxylation is 2. The molecule has 2 aromatic rings. The number of halogens is 3. The number of phenolic OH excluding ortho intramolecular Hbond substituents is 1. The van der Waals surface area contributed by atoms with Gasteiger partial charge in [-0.3, -0.25) is 0 Å². The summed E-state index contributed by atoms with van der Waals surface area (Å²) in [6, 6.07) is 11.1. The molecular formula is C19H17F3O4S. The molecule has 2 aromatic carbocycles. The fourth-order valence-corrected chi connectivity index (χ4v) is 3.67. The van der Waals surface area contributed by atoms with E-state index in [9.17, 15) is 26.7 Å². The summed E-state index contributed by atoms with van der Waals surface area (Å²) in [6.45, 7) is 1.79. The fourth-order valence-electron chi connectivity index (χ4n) is 3.16. The highest BCUT2D eigenvalue weighted by molar-refractivity contribution is 7.87. The van der Waals surface area contributed by atoms with Gasteiger partial charge in [-0.05, 0) is 61.1 Å². The van der Waals surface area contributed by atoms with Crippen molar-refractivity contribution in [3.63, 3.8) is 0 Å². The molecule has 0 bridgehead atoms. The van der Waals surface area contributed by atoms with Crippen LogP contribution in [0, 0.1) is 6.92 Å². The minimum atomic E-state index is -5.84. The largest absolute Gasteiger partial charge is 0.534 e. The third-order valence-electron chi connectivity index (χ3n) is 4.43. The number of benzene rings is 2. The van der Waals surface area contributed by atoms with Crippen molar-refractivity contribution in [3.05, 3.63) is 64.7 Å². The summed E-state index contributed by atoms with van der Waals surface area (Å²) in [5.74, 6) is -0.389. The van der Waals surface area contributed by atoms with Crippen LogP contribution in [0.4, 0.5) is 13.2 Å². The second kappa shape index (κ2) is 6.92. The quantitative estimate of drug-likeness (QED) is 0.598. The van der Waals surface area contributed by atoms with Crippen LogP contribution in [-0.4, -0.2) is 19.0 Å². The van der Waals surface area contributed by atoms with Crippen molar-refractivity contribution >= 4 is 21.5 Å². The summed E-state index contributed by atoms with van der Waals surface area (Å²) in [6.07, 6.45) is 1.38. The summed E-state index contributed by atoms with van der Waals surface area (Å²) in [4.78, 5) is 0. The standard InChI is InChI=1S/C19H17F3O4S/c1-12-5-2-3-7-15(12)17-8-4-6-13-11-14(23)9-10-16(13)18(17)26-27(24,25)19(20,21)22/h2-3,5,7,9-11,23H,4,6,8H2,1H3. The second-order valence-corrected chi connectivity index (χ2v) is 7.84. The Hall–Kier alpha value is -2.48. The Labute approximate surface area is 155 Å². The fraction of sp³-hybridized carbons (Fsp3) is 0.263. The van der Waals surface area contributed by atoms with Gasteiger partial charge in [0.05, 0.1) is 0 Å². The van der Waals surface area contributed by atoms with E-state index in [2.05, 4.69) is 4.18 Å². The molecule has 1 aliphatic carbocycles. The normalized spacial score (nSPS) is 15.3. The van der Waals surface area contributed by atoms with Crippen LogP contribution >= 0.6 is 0 Å². The zero-order valence-corrected chi connectivity index (χ0v) is 15.2. The van der Waals surface area contributed by atoms with Crippen molar-refractivity contribution in [2.24, 2.45) is 0 Å². The molecule has 0 saturated carbocycles. The van der Waals surface area contributed by atoms with Crippen molar-refractivity contribution in [1.29, 1.82) is 0 Å². The van der Waals surface area contributed by atoms with E-state index in [4.69, 9.17) is 0 Å². The summed E-state index contributed by atoms with van der Waals surface area (Å²) >= 11 is 0. The molecule has 0 saturated heterocycles. The van der Waals surface area contributed by atoms with Crippen LogP contribution in [0.1, 0.15) is 35.1 Å². The SMILES string of the molecule is Cc1ccccc1C1=C(OS(=O)(=O)C(F)(F)F)c2ccc(O)cc2CCC1. The molecule has 0 amide bonds. The van der Waals surface area contributed by atoms with E-state index in [-0.39, 0.29) is 17.1 Å². The Morgan fingerprint density at radius 1 is 1.04 bits per heavy atom. The maximum Gasteiger partial charge on any atom is 0.534 e. The summed E-state index contributed by atoms with van der Waals surface area (Å²) in [5.41, 5.74) is -2.96. The summed E-state index contributed by atoms with van der Waals surface area (Å²) < 4.78 is 67.0. The van der Waals surface area contributed by atoms with Crippen molar-refractivity contribution in [1.82, 2.24) is 0 Å². The van der Waals surface area contributed by atoms with E-state index in [0.29, 0.717) is 36.0 Å². The Bertz CT molecular complexity index is 1010. The summed E-state index contributed by atoms with van der Waals surface area (Å²) in [5, 5.41) is 9.70. The first kappa shape index (κ1) is 19.3. The predicted molar refractivity (Wildman–Crippen MR) is 95.1 cm³/mol. The molecule has 8 heteroatoms. The maximum absolute atomic E-state index is 13.0. The maximum atomic E-state index is 13.0. The van der Waals surface area contributed by atoms with Gasteiger partial charge in [0.1, 0.15) is 5.75 Å². The molecule has 0 aliphatic heterocycles. The highest BCUT2D eigenvalue weighted by Crippen LogP contribution is 2.41. The summed E-state index contributed by atoms with van der Waals surface area (Å²) in [7, 11) is -5.84. The van der Waals surface area contributed by atoms with Crippen LogP contribution in [0.5, 0.6) is 5.75 Å². The highest BCUT2D eigenvalue weighted by atomic mass is 32.2. The van der Waals surface area contributed by atoms with Crippen LogP contribution in [0.2, 0.25) is 0 Å². The van der Waals surface area contributed by atoms with E-state index in [0.717, 1.165) is 5.56 Å². The molecule has 0 unspecified atom stereocenters. The smallest absolute Gasteiger partial charge is 0.508 e. The lowest BCUT2D eigenvalue weighted by Gasteiger charge is -2.18. The Morgan fingerprint density at radius 2 is 1.74 bits per heavy atom. The van der Waals surface area contributed by atoms with Crippen LogP contribution in [0.15, 0.2) is 42.5 Å². The Morgan fingerprint density at radius 3 is 2.41 bits per heavy atom. The number of hydrogen-bond donors (Lipinski definition) is 1. The topological polar surface area (TPSA) is 63.6 Å².